The predicted octanol–water partition coefficient (Wildman–Crippen LogP) is 5.60. The normalized spacial score (nSPS) is 10.9. The Bertz CT molecular complexity index is 1450. The molecule has 194 valence electrons. The summed E-state index contributed by atoms with van der Waals surface area (Å²) in [5, 5.41) is 3.38. The van der Waals surface area contributed by atoms with Crippen molar-refractivity contribution in [1.82, 2.24) is 9.55 Å². The van der Waals surface area contributed by atoms with Gasteiger partial charge in [-0.15, -0.1) is 11.3 Å². The molecule has 0 saturated carbocycles. The Labute approximate surface area is 223 Å². The summed E-state index contributed by atoms with van der Waals surface area (Å²) in [5.74, 6) is 1.15. The molecule has 0 bridgehead atoms. The SMILES string of the molecule is CCCn1c(SCC(=O)Nc2cc(OC)c(OC)c(OC)c2)nc2cc(-c3ccc(C)cc3)sc2c1=O. The number of nitrogens with one attached hydrogen (secondary N) is 1. The second kappa shape index (κ2) is 11.7. The summed E-state index contributed by atoms with van der Waals surface area (Å²) in [6.07, 6.45) is 0.772. The molecule has 4 rings (SSSR count). The van der Waals surface area contributed by atoms with Crippen molar-refractivity contribution in [2.75, 3.05) is 32.4 Å². The number of thioether (sulfide) groups is 1. The van der Waals surface area contributed by atoms with Crippen LogP contribution in [0.4, 0.5) is 5.69 Å². The minimum atomic E-state index is -0.248. The number of rotatable bonds is 10. The second-order valence-electron chi connectivity index (χ2n) is 8.29. The van der Waals surface area contributed by atoms with Crippen LogP contribution in [0, 0.1) is 6.92 Å². The van der Waals surface area contributed by atoms with Gasteiger partial charge in [-0.2, -0.15) is 0 Å². The number of aromatic nitrogens is 2. The number of benzene rings is 2. The highest BCUT2D eigenvalue weighted by Gasteiger charge is 2.18. The number of hydrogen-bond donors (Lipinski definition) is 1. The lowest BCUT2D eigenvalue weighted by molar-refractivity contribution is -0.113. The van der Waals surface area contributed by atoms with Crippen LogP contribution < -0.4 is 25.1 Å². The average Bonchev–Trinajstić information content (AvgIpc) is 3.33. The number of aryl methyl sites for hydroxylation is 1. The number of ether oxygens (including phenoxy) is 3. The van der Waals surface area contributed by atoms with Crippen molar-refractivity contribution in [2.45, 2.75) is 32.0 Å². The van der Waals surface area contributed by atoms with E-state index in [2.05, 4.69) is 17.4 Å². The minimum Gasteiger partial charge on any atom is -0.493 e. The second-order valence-corrected chi connectivity index (χ2v) is 10.3. The first-order valence-electron chi connectivity index (χ1n) is 11.7. The van der Waals surface area contributed by atoms with Gasteiger partial charge >= 0.3 is 0 Å². The fourth-order valence-corrected chi connectivity index (χ4v) is 5.74. The van der Waals surface area contributed by atoms with Crippen molar-refractivity contribution in [3.8, 4) is 27.7 Å². The molecule has 2 heterocycles. The number of methoxy groups -OCH3 is 3. The molecule has 2 aromatic heterocycles. The standard InChI is InChI=1S/C27H29N3O5S2/c1-6-11-30-26(32)25-19(14-22(37-25)17-9-7-16(2)8-10-17)29-27(30)36-15-23(31)28-18-12-20(33-3)24(35-5)21(13-18)34-4/h7-10,12-14H,6,11,15H2,1-5H3,(H,28,31). The number of carbonyl (C=O) groups is 1. The lowest BCUT2D eigenvalue weighted by Gasteiger charge is -2.15. The molecule has 8 nitrogen and oxygen atoms in total. The molecule has 0 saturated heterocycles. The highest BCUT2D eigenvalue weighted by molar-refractivity contribution is 7.99. The maximum Gasteiger partial charge on any atom is 0.272 e. The van der Waals surface area contributed by atoms with Gasteiger partial charge < -0.3 is 19.5 Å². The van der Waals surface area contributed by atoms with Gasteiger partial charge in [-0.25, -0.2) is 4.98 Å². The van der Waals surface area contributed by atoms with E-state index >= 15 is 0 Å². The fraction of sp³-hybridized carbons (Fsp3) is 0.296. The summed E-state index contributed by atoms with van der Waals surface area (Å²) in [6.45, 7) is 4.58. The zero-order valence-electron chi connectivity index (χ0n) is 21.4. The van der Waals surface area contributed by atoms with Gasteiger partial charge in [0.15, 0.2) is 16.7 Å². The number of nitrogens with zero attached hydrogens (tertiary/aromatic N) is 2. The molecule has 37 heavy (non-hydrogen) atoms. The van der Waals surface area contributed by atoms with Gasteiger partial charge in [0.25, 0.3) is 5.56 Å². The quantitative estimate of drug-likeness (QED) is 0.207. The first-order valence-corrected chi connectivity index (χ1v) is 13.5. The van der Waals surface area contributed by atoms with Crippen LogP contribution >= 0.6 is 23.1 Å². The third-order valence-electron chi connectivity index (χ3n) is 5.66. The lowest BCUT2D eigenvalue weighted by Crippen LogP contribution is -2.23. The van der Waals surface area contributed by atoms with Crippen molar-refractivity contribution in [1.29, 1.82) is 0 Å². The minimum absolute atomic E-state index is 0.0767. The predicted molar refractivity (Wildman–Crippen MR) is 150 cm³/mol. The van der Waals surface area contributed by atoms with Crippen molar-refractivity contribution < 1.29 is 19.0 Å². The van der Waals surface area contributed by atoms with E-state index in [9.17, 15) is 9.59 Å². The number of carbonyl (C=O) groups excluding carboxylic acids is 1. The zero-order valence-corrected chi connectivity index (χ0v) is 23.0. The van der Waals surface area contributed by atoms with Crippen molar-refractivity contribution in [3.05, 3.63) is 58.4 Å². The first-order chi connectivity index (χ1) is 17.9. The van der Waals surface area contributed by atoms with E-state index in [0.29, 0.717) is 44.9 Å². The molecular formula is C27H29N3O5S2. The van der Waals surface area contributed by atoms with Gasteiger partial charge in [-0.3, -0.25) is 14.2 Å². The van der Waals surface area contributed by atoms with Crippen LogP contribution in [0.2, 0.25) is 0 Å². The fourth-order valence-electron chi connectivity index (χ4n) is 3.86. The number of fused-ring (bicyclic) bond motifs is 1. The molecule has 1 N–H and O–H groups in total. The van der Waals surface area contributed by atoms with E-state index < -0.39 is 0 Å². The molecule has 2 aromatic carbocycles. The van der Waals surface area contributed by atoms with Gasteiger partial charge in [-0.1, -0.05) is 48.5 Å². The maximum atomic E-state index is 13.4. The van der Waals surface area contributed by atoms with Gasteiger partial charge in [0, 0.05) is 29.2 Å². The topological polar surface area (TPSA) is 91.7 Å². The summed E-state index contributed by atoms with van der Waals surface area (Å²) >= 11 is 2.68. The molecular weight excluding hydrogens is 510 g/mol. The van der Waals surface area contributed by atoms with Gasteiger partial charge in [-0.05, 0) is 25.0 Å². The average molecular weight is 540 g/mol. The highest BCUT2D eigenvalue weighted by atomic mass is 32.2. The molecule has 1 amide bonds. The number of anilines is 1. The summed E-state index contributed by atoms with van der Waals surface area (Å²) in [4.78, 5) is 31.9. The molecule has 0 atom stereocenters. The van der Waals surface area contributed by atoms with Crippen molar-refractivity contribution in [2.24, 2.45) is 0 Å². The molecule has 0 aliphatic heterocycles. The molecule has 0 aliphatic carbocycles. The zero-order chi connectivity index (χ0) is 26.5. The molecule has 0 fully saturated rings. The number of thiophene rings is 1. The molecule has 4 aromatic rings. The number of hydrogen-bond acceptors (Lipinski definition) is 8. The first kappa shape index (κ1) is 26.6. The Kier molecular flexibility index (Phi) is 8.40. The van der Waals surface area contributed by atoms with E-state index in [4.69, 9.17) is 19.2 Å². The van der Waals surface area contributed by atoms with Crippen molar-refractivity contribution >= 4 is 44.9 Å². The molecule has 0 unspecified atom stereocenters. The van der Waals surface area contributed by atoms with E-state index in [-0.39, 0.29) is 17.2 Å². The molecule has 0 radical (unpaired) electrons. The van der Waals surface area contributed by atoms with Crippen LogP contribution in [0.1, 0.15) is 18.9 Å². The third kappa shape index (κ3) is 5.75. The smallest absolute Gasteiger partial charge is 0.272 e. The summed E-state index contributed by atoms with van der Waals surface area (Å²) in [6, 6.07) is 13.5. The van der Waals surface area contributed by atoms with Gasteiger partial charge in [0.2, 0.25) is 11.7 Å². The maximum absolute atomic E-state index is 13.4. The Morgan fingerprint density at radius 2 is 1.73 bits per heavy atom. The van der Waals surface area contributed by atoms with E-state index in [1.807, 2.05) is 32.0 Å². The van der Waals surface area contributed by atoms with Gasteiger partial charge in [0.05, 0.1) is 32.6 Å². The Balaban J connectivity index is 1.58. The lowest BCUT2D eigenvalue weighted by atomic mass is 10.1. The molecule has 0 aliphatic rings. The Morgan fingerprint density at radius 1 is 1.05 bits per heavy atom. The number of amides is 1. The summed E-state index contributed by atoms with van der Waals surface area (Å²) in [7, 11) is 4.55. The molecule has 0 spiro atoms. The van der Waals surface area contributed by atoms with Crippen LogP contribution in [0.25, 0.3) is 20.7 Å². The van der Waals surface area contributed by atoms with Crippen molar-refractivity contribution in [3.63, 3.8) is 0 Å². The Morgan fingerprint density at radius 3 is 2.32 bits per heavy atom. The van der Waals surface area contributed by atoms with E-state index in [0.717, 1.165) is 16.9 Å². The van der Waals surface area contributed by atoms with Gasteiger partial charge in [0.1, 0.15) is 4.70 Å². The van der Waals surface area contributed by atoms with E-state index in [1.54, 1.807) is 16.7 Å². The van der Waals surface area contributed by atoms with Crippen LogP contribution in [0.3, 0.4) is 0 Å². The van der Waals surface area contributed by atoms with E-state index in [1.165, 1.54) is 50.0 Å². The summed E-state index contributed by atoms with van der Waals surface area (Å²) < 4.78 is 18.3. The highest BCUT2D eigenvalue weighted by Crippen LogP contribution is 2.40. The van der Waals surface area contributed by atoms with Crippen LogP contribution in [-0.2, 0) is 11.3 Å². The molecule has 10 heteroatoms. The summed E-state index contributed by atoms with van der Waals surface area (Å²) in [5.41, 5.74) is 3.30. The van der Waals surface area contributed by atoms with Crippen LogP contribution in [0.5, 0.6) is 17.2 Å². The van der Waals surface area contributed by atoms with Crippen LogP contribution in [0.15, 0.2) is 52.4 Å². The van der Waals surface area contributed by atoms with Crippen LogP contribution in [-0.4, -0.2) is 42.5 Å². The third-order valence-corrected chi connectivity index (χ3v) is 7.80. The Hall–Kier alpha value is -3.50. The largest absolute Gasteiger partial charge is 0.493 e. The monoisotopic (exact) mass is 539 g/mol.